The van der Waals surface area contributed by atoms with Gasteiger partial charge in [-0.15, -0.1) is 0 Å². The van der Waals surface area contributed by atoms with E-state index >= 15 is 0 Å². The zero-order valence-corrected chi connectivity index (χ0v) is 33.0. The van der Waals surface area contributed by atoms with E-state index in [1.165, 1.54) is 5.01 Å². The predicted molar refractivity (Wildman–Crippen MR) is 194 cm³/mol. The molecule has 1 aromatic carbocycles. The Morgan fingerprint density at radius 2 is 1.71 bits per heavy atom. The number of carbonyl (C=O) groups is 3. The van der Waals surface area contributed by atoms with Gasteiger partial charge in [-0.3, -0.25) is 4.79 Å². The number of carbonyl (C=O) groups excluding carboxylic acids is 3. The number of hydrazine groups is 1. The molecular formula is C39H61N3O10. The number of benzene rings is 1. The van der Waals surface area contributed by atoms with Gasteiger partial charge in [-0.05, 0) is 78.7 Å². The van der Waals surface area contributed by atoms with Crippen LogP contribution >= 0.6 is 0 Å². The lowest BCUT2D eigenvalue weighted by atomic mass is 9.74. The minimum atomic E-state index is -1.37. The highest BCUT2D eigenvalue weighted by molar-refractivity contribution is 5.88. The lowest BCUT2D eigenvalue weighted by molar-refractivity contribution is -0.294. The summed E-state index contributed by atoms with van der Waals surface area (Å²) >= 11 is 0. The molecule has 13 nitrogen and oxygen atoms in total. The summed E-state index contributed by atoms with van der Waals surface area (Å²) < 4.78 is 36.6. The second-order valence-corrected chi connectivity index (χ2v) is 15.5. The molecule has 0 aromatic heterocycles. The molecule has 0 spiro atoms. The molecular weight excluding hydrogens is 670 g/mol. The number of aliphatic hydroxyl groups is 1. The van der Waals surface area contributed by atoms with Crippen molar-refractivity contribution in [3.05, 3.63) is 41.5 Å². The van der Waals surface area contributed by atoms with E-state index in [0.29, 0.717) is 24.2 Å². The Balaban J connectivity index is 1.75. The monoisotopic (exact) mass is 731 g/mol. The van der Waals surface area contributed by atoms with Crippen molar-refractivity contribution >= 4 is 17.8 Å². The number of ketones is 1. The number of methoxy groups -OCH3 is 2. The topological polar surface area (TPSA) is 145 Å². The maximum Gasteiger partial charge on any atom is 0.425 e. The van der Waals surface area contributed by atoms with Crippen LogP contribution in [0.2, 0.25) is 0 Å². The molecule has 52 heavy (non-hydrogen) atoms. The van der Waals surface area contributed by atoms with E-state index in [-0.39, 0.29) is 30.9 Å². The van der Waals surface area contributed by atoms with Crippen LogP contribution in [-0.2, 0) is 39.8 Å². The predicted octanol–water partition coefficient (Wildman–Crippen LogP) is 4.64. The third-order valence-electron chi connectivity index (χ3n) is 11.3. The normalized spacial score (nSPS) is 38.9. The Morgan fingerprint density at radius 1 is 1.06 bits per heavy atom. The van der Waals surface area contributed by atoms with Crippen LogP contribution in [0.15, 0.2) is 35.9 Å². The van der Waals surface area contributed by atoms with Crippen LogP contribution < -0.4 is 10.2 Å². The first-order chi connectivity index (χ1) is 24.4. The van der Waals surface area contributed by atoms with Gasteiger partial charge in [0.25, 0.3) is 0 Å². The molecule has 0 aliphatic carbocycles. The Kier molecular flexibility index (Phi) is 13.6. The number of amides is 1. The fourth-order valence-corrected chi connectivity index (χ4v) is 8.36. The average Bonchev–Trinajstić information content (AvgIpc) is 3.37. The molecule has 2 N–H and O–H groups in total. The minimum absolute atomic E-state index is 0.124. The summed E-state index contributed by atoms with van der Waals surface area (Å²) in [4.78, 5) is 44.0. The van der Waals surface area contributed by atoms with E-state index in [9.17, 15) is 19.5 Å². The van der Waals surface area contributed by atoms with E-state index < -0.39 is 71.7 Å². The lowest BCUT2D eigenvalue weighted by Gasteiger charge is -2.46. The summed E-state index contributed by atoms with van der Waals surface area (Å²) in [6.45, 7) is 14.9. The summed E-state index contributed by atoms with van der Waals surface area (Å²) in [7, 11) is 6.98. The molecule has 1 amide bonds. The summed E-state index contributed by atoms with van der Waals surface area (Å²) in [6, 6.07) is 6.37. The smallest absolute Gasteiger partial charge is 0.425 e. The van der Waals surface area contributed by atoms with Crippen LogP contribution in [0.4, 0.5) is 4.79 Å². The maximum atomic E-state index is 14.6. The zero-order valence-electron chi connectivity index (χ0n) is 33.0. The molecule has 12 atom stereocenters. The number of esters is 1. The Labute approximate surface area is 309 Å². The molecule has 3 heterocycles. The molecule has 292 valence electrons. The number of ether oxygens (including phenoxy) is 6. The van der Waals surface area contributed by atoms with E-state index in [0.717, 1.165) is 5.56 Å². The molecule has 0 saturated carbocycles. The summed E-state index contributed by atoms with van der Waals surface area (Å²) in [5.41, 5.74) is 1.96. The van der Waals surface area contributed by atoms with Crippen LogP contribution in [0, 0.1) is 17.8 Å². The van der Waals surface area contributed by atoms with Gasteiger partial charge >= 0.3 is 12.1 Å². The molecule has 3 aliphatic heterocycles. The number of hydrogen-bond donors (Lipinski definition) is 2. The standard InChI is InChI=1S/C39H61N3O10/c1-13-30-39(8)33(42(37(46)52-39)40-21-27-14-16-28(47-11)17-15-27)26(6)31(43)24(4)20-38(7,48-12)34(22(2)18-23(3)35(45)50-30)51-36-32(44)29(41(9)10)19-25(5)49-36/h14-18,22,24-26,29-30,32-34,36,40,44H,13,19-21H2,1-12H3/b23-18+/t22-,24+,25+,26-,29-,30+,32+,33+,34+,36-,38+,39+/m0/s1. The van der Waals surface area contributed by atoms with Crippen LogP contribution in [0.3, 0.4) is 0 Å². The number of cyclic esters (lactones) is 1. The van der Waals surface area contributed by atoms with Gasteiger partial charge in [0.2, 0.25) is 0 Å². The van der Waals surface area contributed by atoms with E-state index in [1.54, 1.807) is 41.1 Å². The molecule has 0 bridgehead atoms. The second kappa shape index (κ2) is 16.9. The number of hydrogen-bond acceptors (Lipinski definition) is 12. The fourth-order valence-electron chi connectivity index (χ4n) is 8.36. The summed E-state index contributed by atoms with van der Waals surface area (Å²) in [5, 5.41) is 12.8. The van der Waals surface area contributed by atoms with Crippen molar-refractivity contribution < 1.29 is 47.9 Å². The van der Waals surface area contributed by atoms with E-state index in [4.69, 9.17) is 28.4 Å². The van der Waals surface area contributed by atoms with Crippen LogP contribution in [0.25, 0.3) is 0 Å². The minimum Gasteiger partial charge on any atom is -0.497 e. The second-order valence-electron chi connectivity index (χ2n) is 15.5. The number of likely N-dealkylation sites (N-methyl/N-ethyl adjacent to an activating group) is 1. The van der Waals surface area contributed by atoms with Gasteiger partial charge in [-0.2, -0.15) is 0 Å². The van der Waals surface area contributed by atoms with E-state index in [2.05, 4.69) is 5.43 Å². The Hall–Kier alpha value is -3.07. The third-order valence-corrected chi connectivity index (χ3v) is 11.3. The highest BCUT2D eigenvalue weighted by Crippen LogP contribution is 2.42. The molecule has 0 radical (unpaired) electrons. The van der Waals surface area contributed by atoms with Crippen LogP contribution in [-0.4, -0.2) is 115 Å². The molecule has 13 heteroatoms. The number of nitrogens with one attached hydrogen (secondary N) is 1. The van der Waals surface area contributed by atoms with Crippen molar-refractivity contribution in [3.63, 3.8) is 0 Å². The van der Waals surface area contributed by atoms with E-state index in [1.807, 2.05) is 77.9 Å². The number of Topliss-reactive ketones (excluding diaryl/α,β-unsaturated/α-hetero) is 1. The van der Waals surface area contributed by atoms with Gasteiger partial charge in [0, 0.05) is 43.0 Å². The van der Waals surface area contributed by atoms with Crippen molar-refractivity contribution in [2.75, 3.05) is 28.3 Å². The number of rotatable bonds is 9. The van der Waals surface area contributed by atoms with Crippen molar-refractivity contribution in [3.8, 4) is 5.75 Å². The molecule has 2 saturated heterocycles. The van der Waals surface area contributed by atoms with Gasteiger partial charge in [0.15, 0.2) is 11.9 Å². The summed E-state index contributed by atoms with van der Waals surface area (Å²) in [6.07, 6.45) is -1.47. The number of aliphatic hydroxyl groups excluding tert-OH is 1. The Bertz CT molecular complexity index is 1440. The number of nitrogens with zero attached hydrogens (tertiary/aromatic N) is 2. The van der Waals surface area contributed by atoms with Crippen molar-refractivity contribution in [1.82, 2.24) is 15.3 Å². The first kappa shape index (κ1) is 41.7. The highest BCUT2D eigenvalue weighted by atomic mass is 16.7. The lowest BCUT2D eigenvalue weighted by Crippen LogP contribution is -2.60. The molecule has 2 fully saturated rings. The first-order valence-corrected chi connectivity index (χ1v) is 18.4. The van der Waals surface area contributed by atoms with Crippen molar-refractivity contribution in [2.24, 2.45) is 17.8 Å². The Morgan fingerprint density at radius 3 is 2.29 bits per heavy atom. The molecule has 4 rings (SSSR count). The SMILES string of the molecule is CC[C@H]1OC(=O)/C(C)=C/[C@H](C)[C@@H](O[C@@H]2O[C@H](C)C[C@H](N(C)C)[C@H]2O)[C@](C)(OC)C[C@@H](C)C(=O)[C@H](C)[C@H]2N(NCc3ccc(OC)cc3)C(=O)O[C@]12C. The van der Waals surface area contributed by atoms with Crippen molar-refractivity contribution in [1.29, 1.82) is 0 Å². The van der Waals surface area contributed by atoms with Gasteiger partial charge in [-0.1, -0.05) is 45.9 Å². The number of fused-ring (bicyclic) bond motifs is 1. The fraction of sp³-hybridized carbons (Fsp3) is 0.718. The van der Waals surface area contributed by atoms with Crippen molar-refractivity contribution in [2.45, 2.75) is 135 Å². The molecule has 1 aromatic rings. The summed E-state index contributed by atoms with van der Waals surface area (Å²) in [5.74, 6) is -1.78. The maximum absolute atomic E-state index is 14.6. The third kappa shape index (κ3) is 8.66. The van der Waals surface area contributed by atoms with Crippen LogP contribution in [0.1, 0.15) is 80.2 Å². The van der Waals surface area contributed by atoms with Gasteiger partial charge in [-0.25, -0.2) is 20.0 Å². The quantitative estimate of drug-likeness (QED) is 0.341. The van der Waals surface area contributed by atoms with Gasteiger partial charge < -0.3 is 38.4 Å². The molecule has 0 unspecified atom stereocenters. The zero-order chi connectivity index (χ0) is 38.7. The highest BCUT2D eigenvalue weighted by Gasteiger charge is 2.60. The van der Waals surface area contributed by atoms with Crippen LogP contribution in [0.5, 0.6) is 5.75 Å². The first-order valence-electron chi connectivity index (χ1n) is 18.4. The molecule has 3 aliphatic rings. The van der Waals surface area contributed by atoms with Gasteiger partial charge in [0.1, 0.15) is 29.8 Å². The largest absolute Gasteiger partial charge is 0.497 e. The average molecular weight is 732 g/mol. The van der Waals surface area contributed by atoms with Gasteiger partial charge in [0.05, 0.1) is 24.9 Å².